The zero-order valence-corrected chi connectivity index (χ0v) is 11.7. The number of rotatable bonds is 3. The van der Waals surface area contributed by atoms with Gasteiger partial charge in [-0.3, -0.25) is 5.41 Å². The van der Waals surface area contributed by atoms with Crippen molar-refractivity contribution in [3.63, 3.8) is 0 Å². The number of amidine groups is 1. The fourth-order valence-corrected chi connectivity index (χ4v) is 2.45. The van der Waals surface area contributed by atoms with Crippen molar-refractivity contribution < 1.29 is 0 Å². The van der Waals surface area contributed by atoms with Crippen LogP contribution in [0.25, 0.3) is 0 Å². The predicted molar refractivity (Wildman–Crippen MR) is 83.9 cm³/mol. The molecular weight excluding hydrogens is 264 g/mol. The second kappa shape index (κ2) is 5.78. The molecule has 0 aliphatic carbocycles. The van der Waals surface area contributed by atoms with Crippen LogP contribution >= 0.6 is 0 Å². The molecular formula is C15H18N6. The number of hydrogen-bond donors (Lipinski definition) is 2. The Morgan fingerprint density at radius 1 is 0.952 bits per heavy atom. The molecule has 1 aliphatic rings. The van der Waals surface area contributed by atoms with Gasteiger partial charge in [-0.2, -0.15) is 0 Å². The third kappa shape index (κ3) is 2.94. The van der Waals surface area contributed by atoms with Crippen molar-refractivity contribution in [3.8, 4) is 0 Å². The van der Waals surface area contributed by atoms with E-state index in [4.69, 9.17) is 11.1 Å². The van der Waals surface area contributed by atoms with Gasteiger partial charge in [-0.05, 0) is 24.3 Å². The normalized spacial score (nSPS) is 15.0. The molecule has 6 nitrogen and oxygen atoms in total. The van der Waals surface area contributed by atoms with Crippen molar-refractivity contribution in [2.45, 2.75) is 0 Å². The van der Waals surface area contributed by atoms with Crippen LogP contribution in [0.15, 0.2) is 42.6 Å². The third-order valence-corrected chi connectivity index (χ3v) is 3.59. The molecule has 0 saturated carbocycles. The molecule has 0 unspecified atom stereocenters. The molecule has 0 aromatic carbocycles. The minimum absolute atomic E-state index is 0.00368. The van der Waals surface area contributed by atoms with Crippen LogP contribution in [0.2, 0.25) is 0 Å². The molecule has 0 amide bonds. The Bertz CT molecular complexity index is 619. The smallest absolute Gasteiger partial charge is 0.141 e. The van der Waals surface area contributed by atoms with E-state index in [0.29, 0.717) is 5.69 Å². The van der Waals surface area contributed by atoms with Crippen molar-refractivity contribution in [3.05, 3.63) is 48.3 Å². The van der Waals surface area contributed by atoms with Gasteiger partial charge in [-0.15, -0.1) is 0 Å². The Morgan fingerprint density at radius 2 is 1.62 bits per heavy atom. The van der Waals surface area contributed by atoms with E-state index in [1.54, 1.807) is 6.07 Å². The van der Waals surface area contributed by atoms with E-state index >= 15 is 0 Å². The third-order valence-electron chi connectivity index (χ3n) is 3.59. The average Bonchev–Trinajstić information content (AvgIpc) is 2.56. The topological polar surface area (TPSA) is 82.1 Å². The van der Waals surface area contributed by atoms with Gasteiger partial charge in [0.1, 0.15) is 23.2 Å². The van der Waals surface area contributed by atoms with Crippen molar-refractivity contribution >= 4 is 17.5 Å². The van der Waals surface area contributed by atoms with Crippen LogP contribution < -0.4 is 15.5 Å². The van der Waals surface area contributed by atoms with Gasteiger partial charge >= 0.3 is 0 Å². The highest BCUT2D eigenvalue weighted by molar-refractivity contribution is 5.93. The van der Waals surface area contributed by atoms with Crippen LogP contribution in [0, 0.1) is 5.41 Å². The lowest BCUT2D eigenvalue weighted by Gasteiger charge is -2.36. The van der Waals surface area contributed by atoms with Crippen molar-refractivity contribution in [1.82, 2.24) is 9.97 Å². The van der Waals surface area contributed by atoms with Gasteiger partial charge in [0.2, 0.25) is 0 Å². The first-order chi connectivity index (χ1) is 10.2. The van der Waals surface area contributed by atoms with E-state index in [2.05, 4.69) is 19.8 Å². The second-order valence-electron chi connectivity index (χ2n) is 4.96. The SMILES string of the molecule is N=C(N)c1cccc(N2CCN(c3ccccn3)CC2)n1. The van der Waals surface area contributed by atoms with Crippen LogP contribution in [0.3, 0.4) is 0 Å². The Balaban J connectivity index is 1.68. The van der Waals surface area contributed by atoms with Crippen molar-refractivity contribution in [1.29, 1.82) is 5.41 Å². The van der Waals surface area contributed by atoms with E-state index in [0.717, 1.165) is 37.8 Å². The van der Waals surface area contributed by atoms with Gasteiger partial charge in [-0.1, -0.05) is 12.1 Å². The molecule has 3 rings (SSSR count). The molecule has 2 aromatic heterocycles. The number of pyridine rings is 2. The largest absolute Gasteiger partial charge is 0.382 e. The number of hydrogen-bond acceptors (Lipinski definition) is 5. The van der Waals surface area contributed by atoms with Gasteiger partial charge in [0.15, 0.2) is 0 Å². The molecule has 3 heterocycles. The lowest BCUT2D eigenvalue weighted by atomic mass is 10.2. The number of anilines is 2. The first-order valence-electron chi connectivity index (χ1n) is 6.96. The number of aromatic nitrogens is 2. The van der Waals surface area contributed by atoms with Crippen molar-refractivity contribution in [2.24, 2.45) is 5.73 Å². The standard InChI is InChI=1S/C15H18N6/c16-15(17)12-4-3-6-14(19-12)21-10-8-20(9-11-21)13-5-1-2-7-18-13/h1-7H,8-11H2,(H3,16,17). The van der Waals surface area contributed by atoms with Gasteiger partial charge in [0.25, 0.3) is 0 Å². The second-order valence-corrected chi connectivity index (χ2v) is 4.96. The minimum Gasteiger partial charge on any atom is -0.382 e. The Kier molecular flexibility index (Phi) is 3.68. The maximum absolute atomic E-state index is 7.47. The van der Waals surface area contributed by atoms with Crippen LogP contribution in [0.5, 0.6) is 0 Å². The summed E-state index contributed by atoms with van der Waals surface area (Å²) in [4.78, 5) is 13.3. The number of piperazine rings is 1. The van der Waals surface area contributed by atoms with E-state index in [-0.39, 0.29) is 5.84 Å². The molecule has 2 aromatic rings. The monoisotopic (exact) mass is 282 g/mol. The van der Waals surface area contributed by atoms with Crippen LogP contribution in [-0.2, 0) is 0 Å². The number of nitrogens with zero attached hydrogens (tertiary/aromatic N) is 4. The lowest BCUT2D eigenvalue weighted by Crippen LogP contribution is -2.47. The van der Waals surface area contributed by atoms with E-state index in [1.165, 1.54) is 0 Å². The molecule has 1 aliphatic heterocycles. The fourth-order valence-electron chi connectivity index (χ4n) is 2.45. The highest BCUT2D eigenvalue weighted by atomic mass is 15.3. The first kappa shape index (κ1) is 13.4. The Morgan fingerprint density at radius 3 is 2.24 bits per heavy atom. The molecule has 6 heteroatoms. The van der Waals surface area contributed by atoms with Gasteiger partial charge in [0.05, 0.1) is 0 Å². The van der Waals surface area contributed by atoms with Gasteiger partial charge in [0, 0.05) is 32.4 Å². The molecule has 1 fully saturated rings. The molecule has 1 saturated heterocycles. The maximum atomic E-state index is 7.47. The number of nitrogens with one attached hydrogen (secondary N) is 1. The quantitative estimate of drug-likeness (QED) is 0.650. The summed E-state index contributed by atoms with van der Waals surface area (Å²) in [5.41, 5.74) is 6.02. The number of nitrogen functional groups attached to an aromatic ring is 1. The van der Waals surface area contributed by atoms with Gasteiger partial charge < -0.3 is 15.5 Å². The predicted octanol–water partition coefficient (Wildman–Crippen LogP) is 1.09. The molecule has 0 spiro atoms. The first-order valence-corrected chi connectivity index (χ1v) is 6.96. The molecule has 21 heavy (non-hydrogen) atoms. The van der Waals surface area contributed by atoms with Gasteiger partial charge in [-0.25, -0.2) is 9.97 Å². The minimum atomic E-state index is 0.00368. The summed E-state index contributed by atoms with van der Waals surface area (Å²) in [6.45, 7) is 3.57. The molecule has 108 valence electrons. The summed E-state index contributed by atoms with van der Waals surface area (Å²) in [6, 6.07) is 11.6. The van der Waals surface area contributed by atoms with Crippen LogP contribution in [0.4, 0.5) is 11.6 Å². The zero-order chi connectivity index (χ0) is 14.7. The number of nitrogens with two attached hydrogens (primary N) is 1. The summed E-state index contributed by atoms with van der Waals surface area (Å²) < 4.78 is 0. The van der Waals surface area contributed by atoms with E-state index < -0.39 is 0 Å². The lowest BCUT2D eigenvalue weighted by molar-refractivity contribution is 0.641. The summed E-state index contributed by atoms with van der Waals surface area (Å²) >= 11 is 0. The zero-order valence-electron chi connectivity index (χ0n) is 11.7. The van der Waals surface area contributed by atoms with Crippen LogP contribution in [-0.4, -0.2) is 42.0 Å². The summed E-state index contributed by atoms with van der Waals surface area (Å²) in [7, 11) is 0. The van der Waals surface area contributed by atoms with Crippen molar-refractivity contribution in [2.75, 3.05) is 36.0 Å². The Labute approximate surface area is 123 Å². The van der Waals surface area contributed by atoms with E-state index in [1.807, 2.05) is 36.5 Å². The average molecular weight is 282 g/mol. The molecule has 0 bridgehead atoms. The summed E-state index contributed by atoms with van der Waals surface area (Å²) in [6.07, 6.45) is 1.82. The van der Waals surface area contributed by atoms with E-state index in [9.17, 15) is 0 Å². The fraction of sp³-hybridized carbons (Fsp3) is 0.267. The molecule has 0 radical (unpaired) electrons. The molecule has 3 N–H and O–H groups in total. The Hall–Kier alpha value is -2.63. The highest BCUT2D eigenvalue weighted by Gasteiger charge is 2.19. The van der Waals surface area contributed by atoms with Crippen LogP contribution in [0.1, 0.15) is 5.69 Å². The maximum Gasteiger partial charge on any atom is 0.141 e. The summed E-state index contributed by atoms with van der Waals surface area (Å²) in [5, 5.41) is 7.47. The molecule has 0 atom stereocenters. The summed E-state index contributed by atoms with van der Waals surface area (Å²) in [5.74, 6) is 1.90. The highest BCUT2D eigenvalue weighted by Crippen LogP contribution is 2.17.